The van der Waals surface area contributed by atoms with Gasteiger partial charge in [0, 0.05) is 19.3 Å². The summed E-state index contributed by atoms with van der Waals surface area (Å²) in [5, 5.41) is 0.449. The van der Waals surface area contributed by atoms with Gasteiger partial charge in [-0.15, -0.1) is 0 Å². The average Bonchev–Trinajstić information content (AvgIpc) is 3.06. The predicted molar refractivity (Wildman–Crippen MR) is 114 cm³/mol. The van der Waals surface area contributed by atoms with Gasteiger partial charge in [0.15, 0.2) is 15.0 Å². The molecule has 0 saturated carbocycles. The molecule has 0 spiro atoms. The van der Waals surface area contributed by atoms with Gasteiger partial charge in [-0.2, -0.15) is 0 Å². The SMILES string of the molecule is CN(C)CCN(C(=O)Cc1ccc(F)cc1)c1nc2c(S(C)(=O)=O)cccc2s1. The van der Waals surface area contributed by atoms with Gasteiger partial charge >= 0.3 is 0 Å². The molecule has 0 unspecified atom stereocenters. The van der Waals surface area contributed by atoms with Crippen molar-refractivity contribution in [1.29, 1.82) is 0 Å². The lowest BCUT2D eigenvalue weighted by atomic mass is 10.1. The van der Waals surface area contributed by atoms with Crippen LogP contribution in [0, 0.1) is 5.82 Å². The minimum Gasteiger partial charge on any atom is -0.308 e. The van der Waals surface area contributed by atoms with E-state index in [1.807, 2.05) is 19.0 Å². The summed E-state index contributed by atoms with van der Waals surface area (Å²) >= 11 is 1.28. The fraction of sp³-hybridized carbons (Fsp3) is 0.300. The Labute approximate surface area is 173 Å². The van der Waals surface area contributed by atoms with Crippen LogP contribution in [0.15, 0.2) is 47.4 Å². The molecule has 0 saturated heterocycles. The lowest BCUT2D eigenvalue weighted by Gasteiger charge is -2.22. The second-order valence-corrected chi connectivity index (χ2v) is 10.0. The Balaban J connectivity index is 1.97. The number of rotatable bonds is 7. The lowest BCUT2D eigenvalue weighted by molar-refractivity contribution is -0.118. The Morgan fingerprint density at radius 1 is 1.10 bits per heavy atom. The third-order valence-corrected chi connectivity index (χ3v) is 6.51. The quantitative estimate of drug-likeness (QED) is 0.571. The van der Waals surface area contributed by atoms with Crippen LogP contribution in [-0.2, 0) is 21.1 Å². The van der Waals surface area contributed by atoms with E-state index in [0.717, 1.165) is 6.26 Å². The largest absolute Gasteiger partial charge is 0.308 e. The summed E-state index contributed by atoms with van der Waals surface area (Å²) in [4.78, 5) is 21.2. The Bertz CT molecular complexity index is 1130. The van der Waals surface area contributed by atoms with Crippen molar-refractivity contribution in [1.82, 2.24) is 9.88 Å². The summed E-state index contributed by atoms with van der Waals surface area (Å²) < 4.78 is 38.0. The molecule has 154 valence electrons. The molecule has 0 atom stereocenters. The maximum atomic E-state index is 13.2. The second kappa shape index (κ2) is 8.56. The highest BCUT2D eigenvalue weighted by Crippen LogP contribution is 2.33. The van der Waals surface area contributed by atoms with E-state index in [1.54, 1.807) is 29.2 Å². The highest BCUT2D eigenvalue weighted by molar-refractivity contribution is 7.91. The van der Waals surface area contributed by atoms with E-state index in [2.05, 4.69) is 4.98 Å². The molecule has 9 heteroatoms. The number of benzene rings is 2. The second-order valence-electron chi connectivity index (χ2n) is 7.02. The number of anilines is 1. The predicted octanol–water partition coefficient (Wildman–Crippen LogP) is 2.98. The zero-order chi connectivity index (χ0) is 21.2. The van der Waals surface area contributed by atoms with E-state index in [-0.39, 0.29) is 23.0 Å². The van der Waals surface area contributed by atoms with Crippen molar-refractivity contribution >= 4 is 42.4 Å². The molecule has 0 aliphatic rings. The Morgan fingerprint density at radius 2 is 1.79 bits per heavy atom. The fourth-order valence-corrected chi connectivity index (χ4v) is 4.76. The number of fused-ring (bicyclic) bond motifs is 1. The summed E-state index contributed by atoms with van der Waals surface area (Å²) in [6.07, 6.45) is 1.24. The normalized spacial score (nSPS) is 11.9. The lowest BCUT2D eigenvalue weighted by Crippen LogP contribution is -2.37. The van der Waals surface area contributed by atoms with Crippen LogP contribution in [-0.4, -0.2) is 57.6 Å². The van der Waals surface area contributed by atoms with Crippen molar-refractivity contribution in [2.75, 3.05) is 38.3 Å². The van der Waals surface area contributed by atoms with Crippen molar-refractivity contribution in [3.8, 4) is 0 Å². The first kappa shape index (κ1) is 21.4. The van der Waals surface area contributed by atoms with Gasteiger partial charge in [-0.25, -0.2) is 17.8 Å². The molecule has 0 bridgehead atoms. The maximum absolute atomic E-state index is 13.2. The van der Waals surface area contributed by atoms with Crippen LogP contribution in [0.25, 0.3) is 10.2 Å². The number of halogens is 1. The average molecular weight is 436 g/mol. The summed E-state index contributed by atoms with van der Waals surface area (Å²) in [6, 6.07) is 10.8. The van der Waals surface area contributed by atoms with E-state index < -0.39 is 9.84 Å². The van der Waals surface area contributed by atoms with E-state index >= 15 is 0 Å². The van der Waals surface area contributed by atoms with Crippen LogP contribution in [0.1, 0.15) is 5.56 Å². The van der Waals surface area contributed by atoms with Gasteiger partial charge in [0.1, 0.15) is 11.3 Å². The topological polar surface area (TPSA) is 70.6 Å². The molecule has 1 amide bonds. The van der Waals surface area contributed by atoms with Gasteiger partial charge in [0.2, 0.25) is 5.91 Å². The minimum atomic E-state index is -3.44. The first-order valence-corrected chi connectivity index (χ1v) is 11.6. The molecule has 29 heavy (non-hydrogen) atoms. The Morgan fingerprint density at radius 3 is 2.41 bits per heavy atom. The van der Waals surface area contributed by atoms with Gasteiger partial charge in [0.05, 0.1) is 16.0 Å². The molecule has 0 aliphatic carbocycles. The number of aromatic nitrogens is 1. The van der Waals surface area contributed by atoms with Crippen molar-refractivity contribution < 1.29 is 17.6 Å². The standard InChI is InChI=1S/C20H22FN3O3S2/c1-23(2)11-12-24(18(25)13-14-7-9-15(21)10-8-14)20-22-19-16(28-20)5-4-6-17(19)29(3,26)27/h4-10H,11-13H2,1-3H3. The molecule has 0 aliphatic heterocycles. The van der Waals surface area contributed by atoms with Crippen LogP contribution in [0.5, 0.6) is 0 Å². The van der Waals surface area contributed by atoms with E-state index in [4.69, 9.17) is 0 Å². The van der Waals surface area contributed by atoms with Crippen LogP contribution in [0.2, 0.25) is 0 Å². The number of likely N-dealkylation sites (N-methyl/N-ethyl adjacent to an activating group) is 1. The van der Waals surface area contributed by atoms with Crippen LogP contribution in [0.4, 0.5) is 9.52 Å². The number of nitrogens with zero attached hydrogens (tertiary/aromatic N) is 3. The number of carbonyl (C=O) groups excluding carboxylic acids is 1. The number of hydrogen-bond donors (Lipinski definition) is 0. The highest BCUT2D eigenvalue weighted by Gasteiger charge is 2.22. The van der Waals surface area contributed by atoms with Gasteiger partial charge < -0.3 is 4.90 Å². The van der Waals surface area contributed by atoms with Gasteiger partial charge in [-0.3, -0.25) is 9.69 Å². The molecular weight excluding hydrogens is 413 g/mol. The zero-order valence-electron chi connectivity index (χ0n) is 16.4. The van der Waals surface area contributed by atoms with Crippen LogP contribution >= 0.6 is 11.3 Å². The number of amides is 1. The van der Waals surface area contributed by atoms with Crippen LogP contribution in [0.3, 0.4) is 0 Å². The van der Waals surface area contributed by atoms with E-state index in [9.17, 15) is 17.6 Å². The molecule has 0 N–H and O–H groups in total. The van der Waals surface area contributed by atoms with Gasteiger partial charge in [0.25, 0.3) is 0 Å². The molecule has 3 rings (SSSR count). The summed E-state index contributed by atoms with van der Waals surface area (Å²) in [5.41, 5.74) is 1.07. The first-order chi connectivity index (χ1) is 13.6. The molecule has 0 radical (unpaired) electrons. The van der Waals surface area contributed by atoms with Crippen molar-refractivity contribution in [3.05, 3.63) is 53.8 Å². The van der Waals surface area contributed by atoms with Gasteiger partial charge in [-0.05, 0) is 43.9 Å². The number of para-hydroxylation sites is 1. The molecular formula is C20H22FN3O3S2. The minimum absolute atomic E-state index is 0.0998. The molecule has 3 aromatic rings. The third-order valence-electron chi connectivity index (χ3n) is 4.34. The smallest absolute Gasteiger partial charge is 0.233 e. The fourth-order valence-electron chi connectivity index (χ4n) is 2.83. The molecule has 6 nitrogen and oxygen atoms in total. The zero-order valence-corrected chi connectivity index (χ0v) is 18.1. The van der Waals surface area contributed by atoms with Crippen molar-refractivity contribution in [2.24, 2.45) is 0 Å². The number of thiazole rings is 1. The summed E-state index contributed by atoms with van der Waals surface area (Å²) in [7, 11) is 0.368. The van der Waals surface area contributed by atoms with Crippen molar-refractivity contribution in [3.63, 3.8) is 0 Å². The summed E-state index contributed by atoms with van der Waals surface area (Å²) in [5.74, 6) is -0.538. The van der Waals surface area contributed by atoms with E-state index in [0.29, 0.717) is 34.0 Å². The number of hydrogen-bond acceptors (Lipinski definition) is 6. The molecule has 0 fully saturated rings. The maximum Gasteiger partial charge on any atom is 0.233 e. The Kier molecular flexibility index (Phi) is 6.30. The monoisotopic (exact) mass is 435 g/mol. The summed E-state index contributed by atoms with van der Waals surface area (Å²) in [6.45, 7) is 1.02. The molecule has 1 heterocycles. The molecule has 1 aromatic heterocycles. The number of carbonyl (C=O) groups is 1. The van der Waals surface area contributed by atoms with Gasteiger partial charge in [-0.1, -0.05) is 29.5 Å². The number of sulfone groups is 1. The van der Waals surface area contributed by atoms with Crippen molar-refractivity contribution in [2.45, 2.75) is 11.3 Å². The first-order valence-electron chi connectivity index (χ1n) is 8.94. The van der Waals surface area contributed by atoms with E-state index in [1.165, 1.54) is 29.5 Å². The Hall–Kier alpha value is -2.36. The molecule has 2 aromatic carbocycles. The highest BCUT2D eigenvalue weighted by atomic mass is 32.2. The van der Waals surface area contributed by atoms with Crippen LogP contribution < -0.4 is 4.90 Å². The third kappa shape index (κ3) is 5.17.